The highest BCUT2D eigenvalue weighted by molar-refractivity contribution is 8.28. The van der Waals surface area contributed by atoms with Crippen molar-refractivity contribution in [2.75, 3.05) is 7.11 Å². The summed E-state index contributed by atoms with van der Waals surface area (Å²) in [5.74, 6) is 0. The highest BCUT2D eigenvalue weighted by Crippen LogP contribution is 2.31. The molecule has 3 heteroatoms. The zero-order valence-corrected chi connectivity index (χ0v) is 12.2. The molecule has 0 aliphatic heterocycles. The quantitative estimate of drug-likeness (QED) is 0.589. The summed E-state index contributed by atoms with van der Waals surface area (Å²) in [6.45, 7) is 0. The van der Waals surface area contributed by atoms with E-state index < -0.39 is 0 Å². The number of hydrogen-bond donors (Lipinski definition) is 0. The minimum Gasteiger partial charge on any atom is -0.482 e. The lowest BCUT2D eigenvalue weighted by atomic mass is 10.1. The van der Waals surface area contributed by atoms with Gasteiger partial charge in [0, 0.05) is 4.91 Å². The number of ether oxygens (including phenoxy) is 1. The van der Waals surface area contributed by atoms with Crippen LogP contribution in [0.1, 0.15) is 11.1 Å². The number of thiocarbonyl (C=S) groups is 1. The Morgan fingerprint density at radius 3 is 2.16 bits per heavy atom. The summed E-state index contributed by atoms with van der Waals surface area (Å²) in [6, 6.07) is 20.4. The molecule has 0 spiro atoms. The van der Waals surface area contributed by atoms with Gasteiger partial charge in [-0.15, -0.1) is 0 Å². The lowest BCUT2D eigenvalue weighted by Crippen LogP contribution is -1.91. The van der Waals surface area contributed by atoms with Gasteiger partial charge >= 0.3 is 0 Å². The van der Waals surface area contributed by atoms with Gasteiger partial charge in [-0.3, -0.25) is 0 Å². The molecule has 0 fully saturated rings. The van der Waals surface area contributed by atoms with Gasteiger partial charge in [-0.25, -0.2) is 0 Å². The molecule has 1 nitrogen and oxygen atoms in total. The predicted molar refractivity (Wildman–Crippen MR) is 88.0 cm³/mol. The summed E-state index contributed by atoms with van der Waals surface area (Å²) < 4.78 is 5.61. The predicted octanol–water partition coefficient (Wildman–Crippen LogP) is 4.85. The fourth-order valence-corrected chi connectivity index (χ4v) is 2.59. The van der Waals surface area contributed by atoms with Crippen LogP contribution in [0.3, 0.4) is 0 Å². The summed E-state index contributed by atoms with van der Waals surface area (Å²) >= 11 is 6.61. The molecule has 0 aliphatic rings. The van der Waals surface area contributed by atoms with Crippen LogP contribution < -0.4 is 0 Å². The Labute approximate surface area is 123 Å². The maximum atomic E-state index is 5.15. The Morgan fingerprint density at radius 1 is 1.00 bits per heavy atom. The number of rotatable bonds is 3. The minimum atomic E-state index is 0.519. The first-order chi connectivity index (χ1) is 9.29. The highest BCUT2D eigenvalue weighted by Gasteiger charge is 2.06. The molecule has 0 aliphatic carbocycles. The van der Waals surface area contributed by atoms with E-state index in [-0.39, 0.29) is 0 Å². The van der Waals surface area contributed by atoms with Crippen molar-refractivity contribution in [3.63, 3.8) is 0 Å². The third-order valence-electron chi connectivity index (χ3n) is 2.52. The van der Waals surface area contributed by atoms with E-state index in [1.165, 1.54) is 11.8 Å². The SMILES string of the molecule is COC(=S)S/C(=C\c1ccccc1)c1ccccc1. The van der Waals surface area contributed by atoms with Crippen molar-refractivity contribution in [3.05, 3.63) is 71.8 Å². The molecule has 0 amide bonds. The van der Waals surface area contributed by atoms with Gasteiger partial charge in [0.1, 0.15) is 0 Å². The zero-order valence-electron chi connectivity index (χ0n) is 10.6. The van der Waals surface area contributed by atoms with E-state index in [0.29, 0.717) is 4.38 Å². The van der Waals surface area contributed by atoms with Gasteiger partial charge in [0.05, 0.1) is 7.11 Å². The van der Waals surface area contributed by atoms with Crippen LogP contribution in [0.15, 0.2) is 60.7 Å². The van der Waals surface area contributed by atoms with Crippen LogP contribution in [-0.4, -0.2) is 11.5 Å². The first kappa shape index (κ1) is 13.8. The van der Waals surface area contributed by atoms with Crippen LogP contribution in [0.25, 0.3) is 11.0 Å². The third-order valence-corrected chi connectivity index (χ3v) is 3.84. The number of hydrogen-bond acceptors (Lipinski definition) is 3. The third kappa shape index (κ3) is 4.23. The molecule has 19 heavy (non-hydrogen) atoms. The number of methoxy groups -OCH3 is 1. The average molecular weight is 286 g/mol. The molecule has 0 heterocycles. The van der Waals surface area contributed by atoms with E-state index in [0.717, 1.165) is 16.0 Å². The van der Waals surface area contributed by atoms with E-state index >= 15 is 0 Å². The summed E-state index contributed by atoms with van der Waals surface area (Å²) in [5, 5.41) is 0. The minimum absolute atomic E-state index is 0.519. The Hall–Kier alpha value is -1.58. The van der Waals surface area contributed by atoms with E-state index in [9.17, 15) is 0 Å². The van der Waals surface area contributed by atoms with Gasteiger partial charge in [0.15, 0.2) is 0 Å². The van der Waals surface area contributed by atoms with Crippen molar-refractivity contribution in [3.8, 4) is 0 Å². The second-order valence-corrected chi connectivity index (χ2v) is 5.49. The first-order valence-corrected chi connectivity index (χ1v) is 7.10. The van der Waals surface area contributed by atoms with Crippen molar-refractivity contribution in [1.82, 2.24) is 0 Å². The van der Waals surface area contributed by atoms with Crippen molar-refractivity contribution < 1.29 is 4.74 Å². The van der Waals surface area contributed by atoms with E-state index in [1.807, 2.05) is 36.4 Å². The van der Waals surface area contributed by atoms with Gasteiger partial charge in [0.2, 0.25) is 4.38 Å². The monoisotopic (exact) mass is 286 g/mol. The molecule has 0 saturated heterocycles. The molecule has 0 atom stereocenters. The summed E-state index contributed by atoms with van der Waals surface area (Å²) in [4.78, 5) is 1.08. The summed E-state index contributed by atoms with van der Waals surface area (Å²) in [6.07, 6.45) is 2.12. The van der Waals surface area contributed by atoms with E-state index in [4.69, 9.17) is 17.0 Å². The molecule has 2 aromatic carbocycles. The lowest BCUT2D eigenvalue weighted by molar-refractivity contribution is 0.426. The second kappa shape index (κ2) is 7.12. The molecule has 0 bridgehead atoms. The molecule has 0 saturated carbocycles. The van der Waals surface area contributed by atoms with Gasteiger partial charge in [-0.1, -0.05) is 60.7 Å². The van der Waals surface area contributed by atoms with Crippen LogP contribution in [0, 0.1) is 0 Å². The van der Waals surface area contributed by atoms with Crippen molar-refractivity contribution in [1.29, 1.82) is 0 Å². The second-order valence-electron chi connectivity index (χ2n) is 3.84. The van der Waals surface area contributed by atoms with Crippen molar-refractivity contribution in [2.45, 2.75) is 0 Å². The van der Waals surface area contributed by atoms with Gasteiger partial charge in [0.25, 0.3) is 0 Å². The summed E-state index contributed by atoms with van der Waals surface area (Å²) in [5.41, 5.74) is 2.28. The topological polar surface area (TPSA) is 9.23 Å². The molecule has 0 radical (unpaired) electrons. The first-order valence-electron chi connectivity index (χ1n) is 5.87. The number of thioether (sulfide) groups is 1. The smallest absolute Gasteiger partial charge is 0.224 e. The molecule has 0 N–H and O–H groups in total. The van der Waals surface area contributed by atoms with E-state index in [2.05, 4.69) is 30.3 Å². The normalized spacial score (nSPS) is 11.1. The van der Waals surface area contributed by atoms with E-state index in [1.54, 1.807) is 7.11 Å². The highest BCUT2D eigenvalue weighted by atomic mass is 32.2. The van der Waals surface area contributed by atoms with Crippen LogP contribution in [-0.2, 0) is 4.74 Å². The Morgan fingerprint density at radius 2 is 1.58 bits per heavy atom. The van der Waals surface area contributed by atoms with Gasteiger partial charge in [-0.05, 0) is 41.2 Å². The largest absolute Gasteiger partial charge is 0.482 e. The van der Waals surface area contributed by atoms with Gasteiger partial charge < -0.3 is 4.74 Å². The molecular formula is C16H14OS2. The molecule has 0 aromatic heterocycles. The van der Waals surface area contributed by atoms with Crippen LogP contribution >= 0.6 is 24.0 Å². The average Bonchev–Trinajstić information content (AvgIpc) is 2.48. The Balaban J connectivity index is 2.35. The number of benzene rings is 2. The lowest BCUT2D eigenvalue weighted by Gasteiger charge is -2.08. The van der Waals surface area contributed by atoms with Crippen molar-refractivity contribution in [2.24, 2.45) is 0 Å². The maximum Gasteiger partial charge on any atom is 0.224 e. The van der Waals surface area contributed by atoms with Crippen LogP contribution in [0.4, 0.5) is 0 Å². The fourth-order valence-electron chi connectivity index (χ4n) is 1.61. The Kier molecular flexibility index (Phi) is 5.19. The molecular weight excluding hydrogens is 272 g/mol. The zero-order chi connectivity index (χ0) is 13.5. The molecule has 96 valence electrons. The maximum absolute atomic E-state index is 5.15. The fraction of sp³-hybridized carbons (Fsp3) is 0.0625. The summed E-state index contributed by atoms with van der Waals surface area (Å²) in [7, 11) is 1.60. The Bertz CT molecular complexity index is 562. The van der Waals surface area contributed by atoms with Crippen LogP contribution in [0.5, 0.6) is 0 Å². The van der Waals surface area contributed by atoms with Crippen molar-refractivity contribution >= 4 is 39.3 Å². The molecule has 0 unspecified atom stereocenters. The van der Waals surface area contributed by atoms with Crippen LogP contribution in [0.2, 0.25) is 0 Å². The molecule has 2 rings (SSSR count). The standard InChI is InChI=1S/C16H14OS2/c1-17-16(18)19-15(14-10-6-3-7-11-14)12-13-8-4-2-5-9-13/h2-12H,1H3/b15-12-. The van der Waals surface area contributed by atoms with Gasteiger partial charge in [-0.2, -0.15) is 0 Å². The molecule has 2 aromatic rings.